The molecule has 5 heteroatoms. The van der Waals surface area contributed by atoms with Gasteiger partial charge in [-0.1, -0.05) is 27.7 Å². The first-order chi connectivity index (χ1) is 7.65. The van der Waals surface area contributed by atoms with Crippen LogP contribution in [0.3, 0.4) is 0 Å². The monoisotopic (exact) mass is 358 g/mol. The fourth-order valence-electron chi connectivity index (χ4n) is 1.14. The van der Waals surface area contributed by atoms with Crippen molar-refractivity contribution in [2.45, 2.75) is 9.92 Å². The van der Waals surface area contributed by atoms with Crippen LogP contribution in [0.15, 0.2) is 55.4 Å². The van der Waals surface area contributed by atoms with Crippen LogP contribution in [-0.4, -0.2) is 4.98 Å². The SMILES string of the molecule is Nc1cc(Br)cnc1Sc1ccc(Br)cc1. The summed E-state index contributed by atoms with van der Waals surface area (Å²) in [5, 5.41) is 0.825. The number of hydrogen-bond donors (Lipinski definition) is 1. The van der Waals surface area contributed by atoms with Crippen LogP contribution in [0.1, 0.15) is 0 Å². The number of rotatable bonds is 2. The Balaban J connectivity index is 2.23. The number of hydrogen-bond acceptors (Lipinski definition) is 3. The minimum absolute atomic E-state index is 0.683. The quantitative estimate of drug-likeness (QED) is 0.866. The minimum atomic E-state index is 0.683. The fourth-order valence-corrected chi connectivity index (χ4v) is 2.53. The summed E-state index contributed by atoms with van der Waals surface area (Å²) < 4.78 is 1.96. The van der Waals surface area contributed by atoms with Crippen molar-refractivity contribution < 1.29 is 0 Å². The first kappa shape index (κ1) is 12.0. The average Bonchev–Trinajstić information content (AvgIpc) is 2.25. The number of aromatic nitrogens is 1. The molecule has 0 saturated carbocycles. The number of pyridine rings is 1. The van der Waals surface area contributed by atoms with Crippen LogP contribution >= 0.6 is 43.6 Å². The zero-order valence-corrected chi connectivity index (χ0v) is 12.1. The molecule has 0 bridgehead atoms. The summed E-state index contributed by atoms with van der Waals surface area (Å²) in [7, 11) is 0. The second kappa shape index (κ2) is 5.21. The largest absolute Gasteiger partial charge is 0.397 e. The zero-order valence-electron chi connectivity index (χ0n) is 8.15. The van der Waals surface area contributed by atoms with Crippen molar-refractivity contribution in [3.05, 3.63) is 45.5 Å². The lowest BCUT2D eigenvalue weighted by molar-refractivity contribution is 1.13. The molecule has 0 aliphatic carbocycles. The molecular weight excluding hydrogens is 352 g/mol. The topological polar surface area (TPSA) is 38.9 Å². The Labute approximate surface area is 115 Å². The van der Waals surface area contributed by atoms with Gasteiger partial charge in [-0.25, -0.2) is 4.98 Å². The molecule has 0 amide bonds. The summed E-state index contributed by atoms with van der Waals surface area (Å²) >= 11 is 8.29. The summed E-state index contributed by atoms with van der Waals surface area (Å²) in [6, 6.07) is 9.90. The van der Waals surface area contributed by atoms with Crippen molar-refractivity contribution in [2.75, 3.05) is 5.73 Å². The maximum absolute atomic E-state index is 5.88. The Hall–Kier alpha value is -0.520. The highest BCUT2D eigenvalue weighted by molar-refractivity contribution is 9.10. The highest BCUT2D eigenvalue weighted by atomic mass is 79.9. The number of anilines is 1. The molecule has 82 valence electrons. The predicted octanol–water partition coefficient (Wildman–Crippen LogP) is 4.34. The molecule has 0 radical (unpaired) electrons. The molecule has 0 aliphatic rings. The third-order valence-corrected chi connectivity index (χ3v) is 3.88. The Morgan fingerprint density at radius 1 is 1.06 bits per heavy atom. The molecule has 0 spiro atoms. The van der Waals surface area contributed by atoms with Crippen molar-refractivity contribution in [3.8, 4) is 0 Å². The molecule has 2 N–H and O–H groups in total. The third-order valence-electron chi connectivity index (χ3n) is 1.87. The van der Waals surface area contributed by atoms with Crippen LogP contribution in [0.2, 0.25) is 0 Å². The van der Waals surface area contributed by atoms with E-state index in [0.29, 0.717) is 5.69 Å². The van der Waals surface area contributed by atoms with Crippen LogP contribution in [0.4, 0.5) is 5.69 Å². The van der Waals surface area contributed by atoms with Gasteiger partial charge in [0.2, 0.25) is 0 Å². The van der Waals surface area contributed by atoms with Crippen LogP contribution in [0.5, 0.6) is 0 Å². The Bertz CT molecular complexity index is 500. The van der Waals surface area contributed by atoms with E-state index in [-0.39, 0.29) is 0 Å². The standard InChI is InChI=1S/C11H8Br2N2S/c12-7-1-3-9(4-2-7)16-11-10(14)5-8(13)6-15-11/h1-6H,14H2. The zero-order chi connectivity index (χ0) is 11.5. The molecule has 0 fully saturated rings. The van der Waals surface area contributed by atoms with Gasteiger partial charge in [0, 0.05) is 20.0 Å². The molecule has 16 heavy (non-hydrogen) atoms. The fraction of sp³-hybridized carbons (Fsp3) is 0. The van der Waals surface area contributed by atoms with Crippen molar-refractivity contribution >= 4 is 49.3 Å². The van der Waals surface area contributed by atoms with Crippen LogP contribution < -0.4 is 5.73 Å². The third kappa shape index (κ3) is 2.99. The van der Waals surface area contributed by atoms with E-state index in [1.165, 1.54) is 0 Å². The Morgan fingerprint density at radius 3 is 2.38 bits per heavy atom. The number of nitrogens with zero attached hydrogens (tertiary/aromatic N) is 1. The number of benzene rings is 1. The van der Waals surface area contributed by atoms with Gasteiger partial charge in [0.15, 0.2) is 0 Å². The summed E-state index contributed by atoms with van der Waals surface area (Å²) in [6.45, 7) is 0. The average molecular weight is 360 g/mol. The van der Waals surface area contributed by atoms with Crippen molar-refractivity contribution in [1.82, 2.24) is 4.98 Å². The molecule has 0 unspecified atom stereocenters. The molecule has 2 rings (SSSR count). The highest BCUT2D eigenvalue weighted by Gasteiger charge is 2.04. The first-order valence-corrected chi connectivity index (χ1v) is 6.90. The molecule has 1 aromatic heterocycles. The summed E-state index contributed by atoms with van der Waals surface area (Å²) in [5.41, 5.74) is 6.56. The minimum Gasteiger partial charge on any atom is -0.397 e. The number of nitrogen functional groups attached to an aromatic ring is 1. The Kier molecular flexibility index (Phi) is 3.89. The van der Waals surface area contributed by atoms with E-state index in [9.17, 15) is 0 Å². The normalized spacial score (nSPS) is 10.4. The van der Waals surface area contributed by atoms with Gasteiger partial charge in [0.05, 0.1) is 5.69 Å². The summed E-state index contributed by atoms with van der Waals surface area (Å²) in [6.07, 6.45) is 1.75. The van der Waals surface area contributed by atoms with Crippen molar-refractivity contribution in [3.63, 3.8) is 0 Å². The van der Waals surface area contributed by atoms with E-state index in [1.807, 2.05) is 30.3 Å². The molecule has 0 atom stereocenters. The lowest BCUT2D eigenvalue weighted by Crippen LogP contribution is -1.91. The second-order valence-corrected chi connectivity index (χ2v) is 6.00. The predicted molar refractivity (Wildman–Crippen MR) is 74.6 cm³/mol. The summed E-state index contributed by atoms with van der Waals surface area (Å²) in [5.74, 6) is 0. The maximum Gasteiger partial charge on any atom is 0.124 e. The van der Waals surface area contributed by atoms with Crippen LogP contribution in [0, 0.1) is 0 Å². The van der Waals surface area contributed by atoms with Crippen molar-refractivity contribution in [2.24, 2.45) is 0 Å². The lowest BCUT2D eigenvalue weighted by atomic mass is 10.4. The molecular formula is C11H8Br2N2S. The molecule has 1 aromatic carbocycles. The lowest BCUT2D eigenvalue weighted by Gasteiger charge is -2.04. The van der Waals surface area contributed by atoms with Gasteiger partial charge < -0.3 is 5.73 Å². The van der Waals surface area contributed by atoms with E-state index in [4.69, 9.17) is 5.73 Å². The molecule has 0 aliphatic heterocycles. The molecule has 0 saturated heterocycles. The van der Waals surface area contributed by atoms with Gasteiger partial charge in [0.1, 0.15) is 5.03 Å². The van der Waals surface area contributed by atoms with Gasteiger partial charge >= 0.3 is 0 Å². The molecule has 1 heterocycles. The van der Waals surface area contributed by atoms with Crippen LogP contribution in [0.25, 0.3) is 0 Å². The van der Waals surface area contributed by atoms with Crippen LogP contribution in [-0.2, 0) is 0 Å². The smallest absolute Gasteiger partial charge is 0.124 e. The van der Waals surface area contributed by atoms with Gasteiger partial charge in [-0.3, -0.25) is 0 Å². The van der Waals surface area contributed by atoms with Crippen molar-refractivity contribution in [1.29, 1.82) is 0 Å². The van der Waals surface area contributed by atoms with E-state index in [1.54, 1.807) is 18.0 Å². The van der Waals surface area contributed by atoms with Gasteiger partial charge in [-0.15, -0.1) is 0 Å². The first-order valence-electron chi connectivity index (χ1n) is 4.49. The number of halogens is 2. The Morgan fingerprint density at radius 2 is 1.75 bits per heavy atom. The summed E-state index contributed by atoms with van der Waals surface area (Å²) in [4.78, 5) is 5.39. The number of nitrogens with two attached hydrogens (primary N) is 1. The van der Waals surface area contributed by atoms with E-state index in [2.05, 4.69) is 36.8 Å². The van der Waals surface area contributed by atoms with E-state index in [0.717, 1.165) is 18.9 Å². The maximum atomic E-state index is 5.88. The second-order valence-electron chi connectivity index (χ2n) is 3.10. The van der Waals surface area contributed by atoms with E-state index < -0.39 is 0 Å². The van der Waals surface area contributed by atoms with E-state index >= 15 is 0 Å². The van der Waals surface area contributed by atoms with Gasteiger partial charge in [0.25, 0.3) is 0 Å². The molecule has 2 nitrogen and oxygen atoms in total. The molecule has 2 aromatic rings. The van der Waals surface area contributed by atoms with Gasteiger partial charge in [-0.05, 0) is 46.3 Å². The highest BCUT2D eigenvalue weighted by Crippen LogP contribution is 2.31. The van der Waals surface area contributed by atoms with Gasteiger partial charge in [-0.2, -0.15) is 0 Å².